The molecule has 0 bridgehead atoms. The fraction of sp³-hybridized carbons (Fsp3) is 0.360. The number of carbonyl (C=O) groups is 3. The summed E-state index contributed by atoms with van der Waals surface area (Å²) in [6, 6.07) is 11.7. The molecule has 0 aliphatic heterocycles. The first kappa shape index (κ1) is 28.3. The Hall–Kier alpha value is -3.91. The van der Waals surface area contributed by atoms with Crippen LogP contribution >= 0.6 is 12.6 Å². The van der Waals surface area contributed by atoms with Crippen molar-refractivity contribution < 1.29 is 29.0 Å². The number of nitrogens with one attached hydrogen (secondary N) is 2. The topological polar surface area (TPSA) is 141 Å². The molecule has 0 aliphatic carbocycles. The maximum absolute atomic E-state index is 13.5. The number of hydrogen-bond donors (Lipinski definition) is 4. The standard InChI is InChI=1S/C25H30N4O6S/c1-25(2,3)35-24(33)28-20(15-36)23(32)29(13-12-26)21(16-6-5-7-18(30)14-16)22(31)27-17-8-10-19(34-4)11-9-17/h5-11,14,20-21,30,36H,13,15H2,1-4H3,(H,27,31)(H,28,33). The van der Waals surface area contributed by atoms with E-state index in [1.54, 1.807) is 51.1 Å². The third-order valence-corrected chi connectivity index (χ3v) is 5.16. The van der Waals surface area contributed by atoms with Gasteiger partial charge in [-0.1, -0.05) is 12.1 Å². The van der Waals surface area contributed by atoms with Crippen molar-refractivity contribution in [3.05, 3.63) is 54.1 Å². The van der Waals surface area contributed by atoms with Crippen molar-refractivity contribution in [2.45, 2.75) is 38.5 Å². The quantitative estimate of drug-likeness (QED) is 0.297. The van der Waals surface area contributed by atoms with Gasteiger partial charge in [-0.15, -0.1) is 0 Å². The molecular weight excluding hydrogens is 484 g/mol. The summed E-state index contributed by atoms with van der Waals surface area (Å²) in [5.74, 6) is -1.02. The Balaban J connectivity index is 2.42. The maximum atomic E-state index is 13.5. The molecule has 192 valence electrons. The second-order valence-electron chi connectivity index (χ2n) is 8.72. The van der Waals surface area contributed by atoms with Gasteiger partial charge in [-0.05, 0) is 62.7 Å². The largest absolute Gasteiger partial charge is 0.508 e. The summed E-state index contributed by atoms with van der Waals surface area (Å²) < 4.78 is 10.3. The number of ether oxygens (including phenoxy) is 2. The maximum Gasteiger partial charge on any atom is 0.408 e. The Labute approximate surface area is 215 Å². The van der Waals surface area contributed by atoms with Gasteiger partial charge >= 0.3 is 6.09 Å². The molecule has 0 aliphatic rings. The van der Waals surface area contributed by atoms with Crippen molar-refractivity contribution in [3.63, 3.8) is 0 Å². The van der Waals surface area contributed by atoms with E-state index in [4.69, 9.17) is 9.47 Å². The molecule has 0 radical (unpaired) electrons. The Kier molecular flexibility index (Phi) is 9.99. The number of nitriles is 1. The molecule has 3 N–H and O–H groups in total. The van der Waals surface area contributed by atoms with Crippen LogP contribution in [0.25, 0.3) is 0 Å². The van der Waals surface area contributed by atoms with Crippen molar-refractivity contribution in [1.82, 2.24) is 10.2 Å². The van der Waals surface area contributed by atoms with Crippen LogP contribution in [0.15, 0.2) is 48.5 Å². The molecule has 0 saturated heterocycles. The number of amides is 3. The average molecular weight is 515 g/mol. The van der Waals surface area contributed by atoms with Crippen LogP contribution < -0.4 is 15.4 Å². The van der Waals surface area contributed by atoms with Crippen molar-refractivity contribution in [3.8, 4) is 17.6 Å². The average Bonchev–Trinajstić information content (AvgIpc) is 2.81. The lowest BCUT2D eigenvalue weighted by molar-refractivity contribution is -0.139. The van der Waals surface area contributed by atoms with Gasteiger partial charge in [0, 0.05) is 11.4 Å². The molecule has 3 amide bonds. The molecule has 2 rings (SSSR count). The zero-order chi connectivity index (χ0) is 26.9. The second-order valence-corrected chi connectivity index (χ2v) is 9.09. The molecule has 36 heavy (non-hydrogen) atoms. The summed E-state index contributed by atoms with van der Waals surface area (Å²) in [5.41, 5.74) is -0.115. The van der Waals surface area contributed by atoms with E-state index < -0.39 is 42.1 Å². The van der Waals surface area contributed by atoms with Gasteiger partial charge in [0.25, 0.3) is 5.91 Å². The van der Waals surface area contributed by atoms with Gasteiger partial charge in [0.2, 0.25) is 5.91 Å². The number of rotatable bonds is 9. The van der Waals surface area contributed by atoms with E-state index in [0.29, 0.717) is 11.4 Å². The zero-order valence-electron chi connectivity index (χ0n) is 20.5. The van der Waals surface area contributed by atoms with Crippen molar-refractivity contribution >= 4 is 36.2 Å². The molecule has 0 spiro atoms. The molecular formula is C25H30N4O6S. The number of anilines is 1. The first-order chi connectivity index (χ1) is 17.0. The molecule has 0 aromatic heterocycles. The minimum absolute atomic E-state index is 0.118. The van der Waals surface area contributed by atoms with Gasteiger partial charge in [-0.25, -0.2) is 4.79 Å². The van der Waals surface area contributed by atoms with Crippen LogP contribution in [-0.2, 0) is 14.3 Å². The third-order valence-electron chi connectivity index (χ3n) is 4.80. The summed E-state index contributed by atoms with van der Waals surface area (Å²) in [4.78, 5) is 40.3. The van der Waals surface area contributed by atoms with Crippen LogP contribution in [0.3, 0.4) is 0 Å². The van der Waals surface area contributed by atoms with Crippen LogP contribution in [0.2, 0.25) is 0 Å². The summed E-state index contributed by atoms with van der Waals surface area (Å²) in [5, 5.41) is 24.7. The number of nitrogens with zero attached hydrogens (tertiary/aromatic N) is 2. The highest BCUT2D eigenvalue weighted by molar-refractivity contribution is 7.80. The lowest BCUT2D eigenvalue weighted by Crippen LogP contribution is -2.53. The third kappa shape index (κ3) is 8.09. The van der Waals surface area contributed by atoms with Crippen molar-refractivity contribution in [2.75, 3.05) is 24.7 Å². The lowest BCUT2D eigenvalue weighted by Gasteiger charge is -2.32. The normalized spacial score (nSPS) is 12.4. The fourth-order valence-corrected chi connectivity index (χ4v) is 3.51. The summed E-state index contributed by atoms with van der Waals surface area (Å²) in [6.45, 7) is 4.55. The van der Waals surface area contributed by atoms with E-state index in [-0.39, 0.29) is 17.1 Å². The van der Waals surface area contributed by atoms with Crippen LogP contribution in [0.1, 0.15) is 32.4 Å². The molecule has 2 aromatic rings. The number of hydrogen-bond acceptors (Lipinski definition) is 8. The number of benzene rings is 2. The first-order valence-electron chi connectivity index (χ1n) is 11.0. The van der Waals surface area contributed by atoms with Crippen LogP contribution in [0.4, 0.5) is 10.5 Å². The lowest BCUT2D eigenvalue weighted by atomic mass is 10.0. The van der Waals surface area contributed by atoms with E-state index in [2.05, 4.69) is 23.3 Å². The predicted octanol–water partition coefficient (Wildman–Crippen LogP) is 3.26. The van der Waals surface area contributed by atoms with E-state index in [1.807, 2.05) is 6.07 Å². The SMILES string of the molecule is COc1ccc(NC(=O)C(c2cccc(O)c2)N(CC#N)C(=O)C(CS)NC(=O)OC(C)(C)C)cc1. The van der Waals surface area contributed by atoms with Gasteiger partial charge in [0.05, 0.1) is 13.2 Å². The Morgan fingerprint density at radius 3 is 2.36 bits per heavy atom. The van der Waals surface area contributed by atoms with Crippen LogP contribution in [0.5, 0.6) is 11.5 Å². The Bertz CT molecular complexity index is 1110. The van der Waals surface area contributed by atoms with Crippen molar-refractivity contribution in [2.24, 2.45) is 0 Å². The minimum Gasteiger partial charge on any atom is -0.508 e. The molecule has 10 nitrogen and oxygen atoms in total. The summed E-state index contributed by atoms with van der Waals surface area (Å²) in [6.07, 6.45) is -0.844. The summed E-state index contributed by atoms with van der Waals surface area (Å²) >= 11 is 4.17. The Morgan fingerprint density at radius 2 is 1.83 bits per heavy atom. The van der Waals surface area contributed by atoms with Gasteiger partial charge in [0.1, 0.15) is 35.7 Å². The number of phenols is 1. The number of carbonyl (C=O) groups excluding carboxylic acids is 3. The molecule has 11 heteroatoms. The van der Waals surface area contributed by atoms with E-state index >= 15 is 0 Å². The van der Waals surface area contributed by atoms with E-state index in [1.165, 1.54) is 25.3 Å². The van der Waals surface area contributed by atoms with Gasteiger partial charge in [-0.3, -0.25) is 9.59 Å². The molecule has 2 aromatic carbocycles. The number of methoxy groups -OCH3 is 1. The monoisotopic (exact) mass is 514 g/mol. The van der Waals surface area contributed by atoms with Crippen LogP contribution in [-0.4, -0.2) is 59.0 Å². The van der Waals surface area contributed by atoms with Crippen LogP contribution in [0, 0.1) is 11.3 Å². The highest BCUT2D eigenvalue weighted by Crippen LogP contribution is 2.27. The fourth-order valence-electron chi connectivity index (χ4n) is 3.26. The smallest absolute Gasteiger partial charge is 0.408 e. The van der Waals surface area contributed by atoms with Gasteiger partial charge < -0.3 is 30.1 Å². The molecule has 0 saturated carbocycles. The predicted molar refractivity (Wildman–Crippen MR) is 137 cm³/mol. The zero-order valence-corrected chi connectivity index (χ0v) is 21.4. The number of alkyl carbamates (subject to hydrolysis) is 1. The molecule has 0 heterocycles. The highest BCUT2D eigenvalue weighted by Gasteiger charge is 2.36. The van der Waals surface area contributed by atoms with E-state index in [9.17, 15) is 24.8 Å². The minimum atomic E-state index is -1.31. The molecule has 2 atom stereocenters. The van der Waals surface area contributed by atoms with E-state index in [0.717, 1.165) is 4.90 Å². The molecule has 0 fully saturated rings. The Morgan fingerprint density at radius 1 is 1.17 bits per heavy atom. The van der Waals surface area contributed by atoms with Crippen molar-refractivity contribution in [1.29, 1.82) is 5.26 Å². The first-order valence-corrected chi connectivity index (χ1v) is 11.6. The molecule has 2 unspecified atom stereocenters. The number of aromatic hydroxyl groups is 1. The van der Waals surface area contributed by atoms with Gasteiger partial charge in [-0.2, -0.15) is 17.9 Å². The summed E-state index contributed by atoms with van der Waals surface area (Å²) in [7, 11) is 1.51. The highest BCUT2D eigenvalue weighted by atomic mass is 32.1. The second kappa shape index (κ2) is 12.7. The van der Waals surface area contributed by atoms with Gasteiger partial charge in [0.15, 0.2) is 0 Å². The number of phenolic OH excluding ortho intramolecular Hbond substituents is 1. The number of thiol groups is 1.